The number of fused-ring (bicyclic) bond motifs is 4. The van der Waals surface area contributed by atoms with Crippen molar-refractivity contribution in [1.29, 1.82) is 0 Å². The molecule has 4 aromatic rings. The largest absolute Gasteiger partial charge is 0.256 e. The van der Waals surface area contributed by atoms with E-state index in [0.29, 0.717) is 0 Å². The summed E-state index contributed by atoms with van der Waals surface area (Å²) in [7, 11) is 0. The maximum absolute atomic E-state index is 4.52. The van der Waals surface area contributed by atoms with Gasteiger partial charge in [-0.15, -0.1) is 0 Å². The molecule has 0 aliphatic rings. The van der Waals surface area contributed by atoms with Crippen molar-refractivity contribution in [3.05, 3.63) is 66.9 Å². The predicted octanol–water partition coefficient (Wildman–Crippen LogP) is 4.54. The van der Waals surface area contributed by atoms with Crippen LogP contribution in [0.15, 0.2) is 66.9 Å². The molecular weight excluding hydrogens is 218 g/mol. The molecule has 1 aromatic heterocycles. The van der Waals surface area contributed by atoms with Gasteiger partial charge in [-0.3, -0.25) is 4.98 Å². The van der Waals surface area contributed by atoms with E-state index in [1.165, 1.54) is 26.9 Å². The zero-order chi connectivity index (χ0) is 11.9. The van der Waals surface area contributed by atoms with Crippen molar-refractivity contribution in [2.45, 2.75) is 0 Å². The van der Waals surface area contributed by atoms with E-state index in [9.17, 15) is 0 Å². The zero-order valence-electron chi connectivity index (χ0n) is 9.80. The highest BCUT2D eigenvalue weighted by molar-refractivity contribution is 6.10. The fourth-order valence-corrected chi connectivity index (χ4v) is 2.55. The fraction of sp³-hybridized carbons (Fsp3) is 0. The minimum Gasteiger partial charge on any atom is -0.256 e. The zero-order valence-corrected chi connectivity index (χ0v) is 9.80. The van der Waals surface area contributed by atoms with E-state index in [1.807, 2.05) is 12.3 Å². The third-order valence-electron chi connectivity index (χ3n) is 3.45. The first-order valence-corrected chi connectivity index (χ1v) is 6.08. The summed E-state index contributed by atoms with van der Waals surface area (Å²) in [5.74, 6) is 0. The summed E-state index contributed by atoms with van der Waals surface area (Å²) in [5.41, 5.74) is 1.06. The molecule has 0 aliphatic heterocycles. The normalized spacial score (nSPS) is 11.3. The Morgan fingerprint density at radius 1 is 0.611 bits per heavy atom. The van der Waals surface area contributed by atoms with Crippen molar-refractivity contribution in [3.63, 3.8) is 0 Å². The van der Waals surface area contributed by atoms with Crippen LogP contribution in [0.3, 0.4) is 0 Å². The van der Waals surface area contributed by atoms with Gasteiger partial charge in [0, 0.05) is 17.0 Å². The number of hydrogen-bond acceptors (Lipinski definition) is 1. The Balaban J connectivity index is 2.27. The molecule has 0 spiro atoms. The van der Waals surface area contributed by atoms with Gasteiger partial charge in [0.15, 0.2) is 0 Å². The summed E-state index contributed by atoms with van der Waals surface area (Å²) in [6.45, 7) is 0. The van der Waals surface area contributed by atoms with E-state index in [2.05, 4.69) is 59.6 Å². The van der Waals surface area contributed by atoms with Crippen molar-refractivity contribution in [2.75, 3.05) is 0 Å². The smallest absolute Gasteiger partial charge is 0.0708 e. The molecule has 1 heterocycles. The average molecular weight is 229 g/mol. The summed E-state index contributed by atoms with van der Waals surface area (Å²) in [4.78, 5) is 4.52. The van der Waals surface area contributed by atoms with Crippen LogP contribution in [0.4, 0.5) is 0 Å². The Morgan fingerprint density at radius 3 is 2.22 bits per heavy atom. The van der Waals surface area contributed by atoms with Gasteiger partial charge in [-0.25, -0.2) is 0 Å². The monoisotopic (exact) mass is 229 g/mol. The summed E-state index contributed by atoms with van der Waals surface area (Å²) >= 11 is 0. The Bertz CT molecular complexity index is 872. The molecule has 0 fully saturated rings. The van der Waals surface area contributed by atoms with Gasteiger partial charge in [0.2, 0.25) is 0 Å². The summed E-state index contributed by atoms with van der Waals surface area (Å²) in [5, 5.41) is 6.25. The standard InChI is InChI=1S/C17H11N/c1-2-6-13-10-16-14(9-12(13)5-1)11-18-17-8-4-3-7-15(16)17/h1-11H. The fourth-order valence-electron chi connectivity index (χ4n) is 2.55. The number of nitrogens with zero attached hydrogens (tertiary/aromatic N) is 1. The Hall–Kier alpha value is -2.41. The first-order valence-electron chi connectivity index (χ1n) is 6.08. The van der Waals surface area contributed by atoms with E-state index in [4.69, 9.17) is 0 Å². The number of pyridine rings is 1. The quantitative estimate of drug-likeness (QED) is 0.318. The first kappa shape index (κ1) is 9.60. The molecule has 0 radical (unpaired) electrons. The van der Waals surface area contributed by atoms with Crippen LogP contribution in [0.1, 0.15) is 0 Å². The highest BCUT2D eigenvalue weighted by Gasteiger charge is 2.02. The minimum atomic E-state index is 1.06. The van der Waals surface area contributed by atoms with Gasteiger partial charge in [-0.1, -0.05) is 42.5 Å². The van der Waals surface area contributed by atoms with E-state index in [0.717, 1.165) is 5.52 Å². The maximum Gasteiger partial charge on any atom is 0.0708 e. The third-order valence-corrected chi connectivity index (χ3v) is 3.45. The van der Waals surface area contributed by atoms with Gasteiger partial charge in [-0.2, -0.15) is 0 Å². The first-order chi connectivity index (χ1) is 8.92. The van der Waals surface area contributed by atoms with Gasteiger partial charge < -0.3 is 0 Å². The molecule has 4 rings (SSSR count). The highest BCUT2D eigenvalue weighted by atomic mass is 14.6. The number of para-hydroxylation sites is 1. The van der Waals surface area contributed by atoms with Crippen LogP contribution in [0.2, 0.25) is 0 Å². The maximum atomic E-state index is 4.52. The molecule has 0 bridgehead atoms. The second-order valence-corrected chi connectivity index (χ2v) is 4.56. The van der Waals surface area contributed by atoms with Gasteiger partial charge in [0.05, 0.1) is 5.52 Å². The molecule has 3 aromatic carbocycles. The van der Waals surface area contributed by atoms with E-state index in [-0.39, 0.29) is 0 Å². The number of rotatable bonds is 0. The van der Waals surface area contributed by atoms with E-state index in [1.54, 1.807) is 0 Å². The number of hydrogen-bond donors (Lipinski definition) is 0. The molecule has 1 nitrogen and oxygen atoms in total. The molecule has 0 unspecified atom stereocenters. The van der Waals surface area contributed by atoms with Gasteiger partial charge in [0.1, 0.15) is 0 Å². The van der Waals surface area contributed by atoms with Crippen molar-refractivity contribution in [2.24, 2.45) is 0 Å². The van der Waals surface area contributed by atoms with Crippen LogP contribution in [-0.2, 0) is 0 Å². The summed E-state index contributed by atoms with van der Waals surface area (Å²) in [6, 6.07) is 21.2. The van der Waals surface area contributed by atoms with Crippen LogP contribution >= 0.6 is 0 Å². The molecule has 0 aliphatic carbocycles. The SMILES string of the molecule is c1ccc2cc3c(cnc4ccccc43)cc2c1. The third kappa shape index (κ3) is 1.31. The van der Waals surface area contributed by atoms with Crippen LogP contribution in [-0.4, -0.2) is 4.98 Å². The minimum absolute atomic E-state index is 1.06. The Kier molecular flexibility index (Phi) is 1.89. The lowest BCUT2D eigenvalue weighted by atomic mass is 10.0. The second-order valence-electron chi connectivity index (χ2n) is 4.56. The van der Waals surface area contributed by atoms with Crippen molar-refractivity contribution >= 4 is 32.4 Å². The van der Waals surface area contributed by atoms with Gasteiger partial charge >= 0.3 is 0 Å². The van der Waals surface area contributed by atoms with Gasteiger partial charge in [-0.05, 0) is 34.4 Å². The molecule has 1 heteroatoms. The Labute approximate surface area is 105 Å². The van der Waals surface area contributed by atoms with Crippen molar-refractivity contribution < 1.29 is 0 Å². The molecule has 0 saturated heterocycles. The van der Waals surface area contributed by atoms with E-state index >= 15 is 0 Å². The van der Waals surface area contributed by atoms with E-state index < -0.39 is 0 Å². The lowest BCUT2D eigenvalue weighted by Crippen LogP contribution is -1.82. The van der Waals surface area contributed by atoms with Crippen LogP contribution in [0, 0.1) is 0 Å². The predicted molar refractivity (Wildman–Crippen MR) is 76.8 cm³/mol. The summed E-state index contributed by atoms with van der Waals surface area (Å²) in [6.07, 6.45) is 1.96. The molecule has 0 amide bonds. The molecule has 0 atom stereocenters. The Morgan fingerprint density at radius 2 is 1.33 bits per heavy atom. The topological polar surface area (TPSA) is 12.9 Å². The number of benzene rings is 3. The number of aromatic nitrogens is 1. The van der Waals surface area contributed by atoms with Crippen LogP contribution in [0.25, 0.3) is 32.4 Å². The molecule has 18 heavy (non-hydrogen) atoms. The second kappa shape index (κ2) is 3.54. The molecule has 0 saturated carbocycles. The molecule has 0 N–H and O–H groups in total. The van der Waals surface area contributed by atoms with Crippen molar-refractivity contribution in [1.82, 2.24) is 4.98 Å². The lowest BCUT2D eigenvalue weighted by Gasteiger charge is -2.05. The lowest BCUT2D eigenvalue weighted by molar-refractivity contribution is 1.45. The molecule has 84 valence electrons. The average Bonchev–Trinajstić information content (AvgIpc) is 2.45. The summed E-state index contributed by atoms with van der Waals surface area (Å²) < 4.78 is 0. The van der Waals surface area contributed by atoms with Crippen LogP contribution in [0.5, 0.6) is 0 Å². The highest BCUT2D eigenvalue weighted by Crippen LogP contribution is 2.27. The molecular formula is C17H11N. The van der Waals surface area contributed by atoms with Crippen molar-refractivity contribution in [3.8, 4) is 0 Å². The van der Waals surface area contributed by atoms with Crippen LogP contribution < -0.4 is 0 Å². The van der Waals surface area contributed by atoms with Gasteiger partial charge in [0.25, 0.3) is 0 Å².